The van der Waals surface area contributed by atoms with Gasteiger partial charge in [0.15, 0.2) is 5.82 Å². The molecule has 0 bridgehead atoms. The lowest BCUT2D eigenvalue weighted by molar-refractivity contribution is -0.274. The minimum atomic E-state index is -4.73. The van der Waals surface area contributed by atoms with E-state index in [1.807, 2.05) is 0 Å². The van der Waals surface area contributed by atoms with E-state index < -0.39 is 6.36 Å². The molecule has 0 aliphatic carbocycles. The first-order valence-electron chi connectivity index (χ1n) is 5.17. The Balaban J connectivity index is 2.01. The number of rotatable bonds is 4. The molecule has 1 aromatic heterocycles. The van der Waals surface area contributed by atoms with E-state index in [2.05, 4.69) is 19.9 Å². The van der Waals surface area contributed by atoms with E-state index in [1.165, 1.54) is 18.5 Å². The number of benzene rings is 1. The summed E-state index contributed by atoms with van der Waals surface area (Å²) in [5.74, 6) is -0.527. The number of Topliss-reactive ketones (excluding diaryl/α,β-unsaturated/α-hetero) is 1. The Morgan fingerprint density at radius 2 is 1.95 bits per heavy atom. The van der Waals surface area contributed by atoms with Crippen LogP contribution in [0.15, 0.2) is 30.6 Å². The lowest BCUT2D eigenvalue weighted by Crippen LogP contribution is -2.17. The van der Waals surface area contributed by atoms with Crippen molar-refractivity contribution in [1.82, 2.24) is 15.2 Å². The Morgan fingerprint density at radius 3 is 2.47 bits per heavy atom. The van der Waals surface area contributed by atoms with Crippen LogP contribution in [0.3, 0.4) is 0 Å². The van der Waals surface area contributed by atoms with Gasteiger partial charge in [0.25, 0.3) is 0 Å². The molecule has 0 aliphatic rings. The number of nitrogens with zero attached hydrogens (tertiary/aromatic N) is 2. The molecule has 8 heteroatoms. The molecule has 19 heavy (non-hydrogen) atoms. The summed E-state index contributed by atoms with van der Waals surface area (Å²) in [6, 6.07) is 5.07. The monoisotopic (exact) mass is 271 g/mol. The van der Waals surface area contributed by atoms with Gasteiger partial charge in [0.1, 0.15) is 12.1 Å². The summed E-state index contributed by atoms with van der Waals surface area (Å²) in [5, 5.41) is 5.95. The third-order valence-corrected chi connectivity index (χ3v) is 2.20. The fraction of sp³-hybridized carbons (Fsp3) is 0.182. The summed E-state index contributed by atoms with van der Waals surface area (Å²) in [6.07, 6.45) is -3.51. The first-order chi connectivity index (χ1) is 8.94. The van der Waals surface area contributed by atoms with Gasteiger partial charge in [0.05, 0.1) is 0 Å². The topological polar surface area (TPSA) is 67.9 Å². The highest BCUT2D eigenvalue weighted by atomic mass is 19.4. The highest BCUT2D eigenvalue weighted by Gasteiger charge is 2.30. The molecule has 0 fully saturated rings. The van der Waals surface area contributed by atoms with Gasteiger partial charge in [-0.1, -0.05) is 12.1 Å². The molecule has 2 aromatic rings. The van der Waals surface area contributed by atoms with E-state index in [-0.39, 0.29) is 23.8 Å². The Labute approximate surface area is 105 Å². The zero-order valence-corrected chi connectivity index (χ0v) is 9.44. The molecular formula is C11H8F3N3O2. The van der Waals surface area contributed by atoms with E-state index in [0.29, 0.717) is 5.56 Å². The second-order valence-electron chi connectivity index (χ2n) is 3.63. The molecule has 0 unspecified atom stereocenters. The van der Waals surface area contributed by atoms with Crippen LogP contribution in [0.2, 0.25) is 0 Å². The zero-order valence-electron chi connectivity index (χ0n) is 9.44. The van der Waals surface area contributed by atoms with Gasteiger partial charge in [0, 0.05) is 6.42 Å². The van der Waals surface area contributed by atoms with Crippen molar-refractivity contribution in [2.75, 3.05) is 0 Å². The van der Waals surface area contributed by atoms with Gasteiger partial charge in [-0.25, -0.2) is 4.98 Å². The number of aromatic amines is 1. The molecule has 0 aliphatic heterocycles. The molecule has 0 atom stereocenters. The number of ketones is 1. The maximum atomic E-state index is 11.9. The van der Waals surface area contributed by atoms with Gasteiger partial charge >= 0.3 is 6.36 Å². The molecule has 0 radical (unpaired) electrons. The van der Waals surface area contributed by atoms with E-state index in [0.717, 1.165) is 12.1 Å². The summed E-state index contributed by atoms with van der Waals surface area (Å²) < 4.78 is 39.5. The van der Waals surface area contributed by atoms with Gasteiger partial charge in [-0.3, -0.25) is 9.89 Å². The Bertz CT molecular complexity index is 550. The number of ether oxygens (including phenoxy) is 1. The molecule has 2 rings (SSSR count). The Hall–Kier alpha value is -2.38. The summed E-state index contributed by atoms with van der Waals surface area (Å²) in [7, 11) is 0. The summed E-state index contributed by atoms with van der Waals surface area (Å²) in [5.41, 5.74) is 0.552. The van der Waals surface area contributed by atoms with Crippen molar-refractivity contribution in [2.24, 2.45) is 0 Å². The largest absolute Gasteiger partial charge is 0.573 e. The summed E-state index contributed by atoms with van der Waals surface area (Å²) in [6.45, 7) is 0. The number of alkyl halides is 3. The Kier molecular flexibility index (Phi) is 3.50. The molecular weight excluding hydrogens is 263 g/mol. The lowest BCUT2D eigenvalue weighted by atomic mass is 10.1. The van der Waals surface area contributed by atoms with Gasteiger partial charge in [-0.15, -0.1) is 13.2 Å². The SMILES string of the molecule is O=C(Cc1ccc(OC(F)(F)F)cc1)c1ncn[nH]1. The number of hydrogen-bond acceptors (Lipinski definition) is 4. The quantitative estimate of drug-likeness (QED) is 0.865. The van der Waals surface area contributed by atoms with Crippen LogP contribution in [0, 0.1) is 0 Å². The van der Waals surface area contributed by atoms with Crippen LogP contribution in [-0.2, 0) is 6.42 Å². The standard InChI is InChI=1S/C11H8F3N3O2/c12-11(13,14)19-8-3-1-7(2-4-8)5-9(18)10-15-6-16-17-10/h1-4,6H,5H2,(H,15,16,17). The molecule has 1 aromatic carbocycles. The van der Waals surface area contributed by atoms with Crippen LogP contribution < -0.4 is 4.74 Å². The average molecular weight is 271 g/mol. The fourth-order valence-corrected chi connectivity index (χ4v) is 1.42. The normalized spacial score (nSPS) is 11.3. The predicted octanol–water partition coefficient (Wildman–Crippen LogP) is 2.13. The molecule has 0 saturated carbocycles. The predicted molar refractivity (Wildman–Crippen MR) is 57.5 cm³/mol. The minimum absolute atomic E-state index is 0.0154. The smallest absolute Gasteiger partial charge is 0.406 e. The fourth-order valence-electron chi connectivity index (χ4n) is 1.42. The van der Waals surface area contributed by atoms with Crippen molar-refractivity contribution >= 4 is 5.78 Å². The van der Waals surface area contributed by atoms with E-state index in [4.69, 9.17) is 0 Å². The lowest BCUT2D eigenvalue weighted by Gasteiger charge is -2.08. The number of aromatic nitrogens is 3. The maximum Gasteiger partial charge on any atom is 0.573 e. The third-order valence-electron chi connectivity index (χ3n) is 2.20. The Morgan fingerprint density at radius 1 is 1.26 bits per heavy atom. The van der Waals surface area contributed by atoms with Gasteiger partial charge < -0.3 is 4.74 Å². The molecule has 0 saturated heterocycles. The van der Waals surface area contributed by atoms with E-state index in [9.17, 15) is 18.0 Å². The summed E-state index contributed by atoms with van der Waals surface area (Å²) in [4.78, 5) is 15.3. The van der Waals surface area contributed by atoms with E-state index in [1.54, 1.807) is 0 Å². The van der Waals surface area contributed by atoms with Crippen LogP contribution in [0.4, 0.5) is 13.2 Å². The van der Waals surface area contributed by atoms with Crippen molar-refractivity contribution in [3.63, 3.8) is 0 Å². The first kappa shape index (κ1) is 13.1. The molecule has 100 valence electrons. The zero-order chi connectivity index (χ0) is 13.9. The van der Waals surface area contributed by atoms with E-state index >= 15 is 0 Å². The van der Waals surface area contributed by atoms with Gasteiger partial charge in [-0.05, 0) is 17.7 Å². The maximum absolute atomic E-state index is 11.9. The van der Waals surface area contributed by atoms with Crippen molar-refractivity contribution < 1.29 is 22.7 Å². The number of carbonyl (C=O) groups excluding carboxylic acids is 1. The van der Waals surface area contributed by atoms with Crippen LogP contribution in [0.25, 0.3) is 0 Å². The first-order valence-corrected chi connectivity index (χ1v) is 5.17. The molecule has 1 N–H and O–H groups in total. The van der Waals surface area contributed by atoms with Crippen molar-refractivity contribution in [2.45, 2.75) is 12.8 Å². The van der Waals surface area contributed by atoms with Crippen LogP contribution in [0.1, 0.15) is 16.2 Å². The van der Waals surface area contributed by atoms with Crippen LogP contribution in [0.5, 0.6) is 5.75 Å². The van der Waals surface area contributed by atoms with Crippen molar-refractivity contribution in [1.29, 1.82) is 0 Å². The molecule has 0 spiro atoms. The number of carbonyl (C=O) groups is 1. The van der Waals surface area contributed by atoms with Gasteiger partial charge in [-0.2, -0.15) is 5.10 Å². The second-order valence-corrected chi connectivity index (χ2v) is 3.63. The van der Waals surface area contributed by atoms with Crippen molar-refractivity contribution in [3.8, 4) is 5.75 Å². The van der Waals surface area contributed by atoms with Crippen LogP contribution >= 0.6 is 0 Å². The number of halogens is 3. The molecule has 5 nitrogen and oxygen atoms in total. The van der Waals surface area contributed by atoms with Crippen molar-refractivity contribution in [3.05, 3.63) is 42.0 Å². The molecule has 1 heterocycles. The second kappa shape index (κ2) is 5.09. The number of nitrogens with one attached hydrogen (secondary N) is 1. The molecule has 0 amide bonds. The minimum Gasteiger partial charge on any atom is -0.406 e. The third kappa shape index (κ3) is 3.80. The van der Waals surface area contributed by atoms with Gasteiger partial charge in [0.2, 0.25) is 5.78 Å². The highest BCUT2D eigenvalue weighted by Crippen LogP contribution is 2.22. The highest BCUT2D eigenvalue weighted by molar-refractivity contribution is 5.93. The van der Waals surface area contributed by atoms with Crippen LogP contribution in [-0.4, -0.2) is 27.3 Å². The number of H-pyrrole nitrogens is 1. The summed E-state index contributed by atoms with van der Waals surface area (Å²) >= 11 is 0. The average Bonchev–Trinajstić information content (AvgIpc) is 2.83. The number of hydrogen-bond donors (Lipinski definition) is 1.